The summed E-state index contributed by atoms with van der Waals surface area (Å²) >= 11 is 1.58. The largest absolute Gasteiger partial charge is 0.391 e. The van der Waals surface area contributed by atoms with Crippen LogP contribution in [0.4, 0.5) is 5.82 Å². The van der Waals surface area contributed by atoms with Gasteiger partial charge < -0.3 is 36.4 Å². The van der Waals surface area contributed by atoms with E-state index in [1.807, 2.05) is 63.5 Å². The molecule has 4 aromatic rings. The lowest BCUT2D eigenvalue weighted by molar-refractivity contribution is -0.144. The number of ketones is 1. The maximum absolute atomic E-state index is 14.0. The number of rotatable bonds is 27. The number of carbonyl (C=O) groups excluding carboxylic acids is 5. The van der Waals surface area contributed by atoms with Gasteiger partial charge in [-0.2, -0.15) is 0 Å². The molecular weight excluding hydrogens is 957 g/mol. The van der Waals surface area contributed by atoms with Gasteiger partial charge in [-0.1, -0.05) is 101 Å². The van der Waals surface area contributed by atoms with Crippen molar-refractivity contribution in [2.45, 2.75) is 155 Å². The third-order valence-corrected chi connectivity index (χ3v) is 15.4. The third-order valence-electron chi connectivity index (χ3n) is 14.4. The number of hydrogen-bond acceptors (Lipinski definition) is 14. The zero-order valence-corrected chi connectivity index (χ0v) is 44.6. The minimum Gasteiger partial charge on any atom is -0.391 e. The number of aromatic nitrogens is 3. The van der Waals surface area contributed by atoms with Crippen LogP contribution in [0.2, 0.25) is 0 Å². The molecule has 0 radical (unpaired) electrons. The van der Waals surface area contributed by atoms with Crippen molar-refractivity contribution in [2.24, 2.45) is 5.41 Å². The molecular formula is C56H78N10O7S. The number of nitrogens with zero attached hydrogens (tertiary/aromatic N) is 6. The number of Topliss-reactive ketones (excluding diaryl/α,β-unsaturated/α-hetero) is 1. The molecule has 400 valence electrons. The van der Waals surface area contributed by atoms with Crippen molar-refractivity contribution in [2.75, 3.05) is 51.1 Å². The minimum absolute atomic E-state index is 0.0274. The van der Waals surface area contributed by atoms with Crippen LogP contribution in [0.15, 0.2) is 66.4 Å². The van der Waals surface area contributed by atoms with Gasteiger partial charge >= 0.3 is 0 Å². The summed E-state index contributed by atoms with van der Waals surface area (Å²) in [4.78, 5) is 85.9. The number of anilines is 1. The van der Waals surface area contributed by atoms with Gasteiger partial charge in [-0.3, -0.25) is 33.8 Å². The summed E-state index contributed by atoms with van der Waals surface area (Å²) in [7, 11) is 0. The van der Waals surface area contributed by atoms with Crippen molar-refractivity contribution in [3.05, 3.63) is 94.5 Å². The lowest BCUT2D eigenvalue weighted by Gasteiger charge is -2.39. The summed E-state index contributed by atoms with van der Waals surface area (Å²) in [5, 5.41) is 33.3. The Labute approximate surface area is 440 Å². The number of aliphatic hydroxyl groups excluding tert-OH is 2. The maximum Gasteiger partial charge on any atom is 0.270 e. The Bertz CT molecular complexity index is 2490. The second kappa shape index (κ2) is 27.2. The van der Waals surface area contributed by atoms with Gasteiger partial charge in [0.1, 0.15) is 35.7 Å². The average Bonchev–Trinajstić information content (AvgIpc) is 3.99. The van der Waals surface area contributed by atoms with E-state index in [0.717, 1.165) is 106 Å². The molecule has 18 heteroatoms. The van der Waals surface area contributed by atoms with E-state index in [1.165, 1.54) is 22.4 Å². The maximum atomic E-state index is 14.0. The van der Waals surface area contributed by atoms with Crippen LogP contribution in [0.25, 0.3) is 10.4 Å². The fourth-order valence-electron chi connectivity index (χ4n) is 10.1. The number of carbonyl (C=O) groups is 5. The van der Waals surface area contributed by atoms with E-state index in [4.69, 9.17) is 0 Å². The summed E-state index contributed by atoms with van der Waals surface area (Å²) in [6, 6.07) is 16.4. The van der Waals surface area contributed by atoms with Crippen LogP contribution >= 0.6 is 11.3 Å². The zero-order chi connectivity index (χ0) is 52.6. The number of thiazole rings is 1. The highest BCUT2D eigenvalue weighted by molar-refractivity contribution is 7.13. The van der Waals surface area contributed by atoms with E-state index in [1.54, 1.807) is 17.4 Å². The highest BCUT2D eigenvalue weighted by Gasteiger charge is 2.44. The summed E-state index contributed by atoms with van der Waals surface area (Å²) in [6.07, 6.45) is 9.73. The molecule has 2 fully saturated rings. The molecule has 4 atom stereocenters. The molecule has 7 rings (SSSR count). The first kappa shape index (κ1) is 56.1. The van der Waals surface area contributed by atoms with Crippen LogP contribution in [0.3, 0.4) is 0 Å². The summed E-state index contributed by atoms with van der Waals surface area (Å²) in [6.45, 7) is 12.7. The fourth-order valence-corrected chi connectivity index (χ4v) is 10.9. The second-order valence-corrected chi connectivity index (χ2v) is 22.4. The monoisotopic (exact) mass is 1030 g/mol. The van der Waals surface area contributed by atoms with Gasteiger partial charge in [0.15, 0.2) is 0 Å². The number of likely N-dealkylation sites (tertiary alicyclic amines) is 2. The van der Waals surface area contributed by atoms with E-state index >= 15 is 0 Å². The van der Waals surface area contributed by atoms with Crippen molar-refractivity contribution >= 4 is 46.6 Å². The number of amides is 4. The Morgan fingerprint density at radius 2 is 1.53 bits per heavy atom. The fraction of sp³-hybridized carbons (Fsp3) is 0.571. The number of β-amino-alcohol motifs (C(OH)–C–C–N with tert-alkyl or cyclic N) is 2. The molecule has 3 aliphatic heterocycles. The number of unbranched alkanes of at least 4 members (excludes halogenated alkanes) is 6. The summed E-state index contributed by atoms with van der Waals surface area (Å²) in [5.74, 6) is -0.381. The van der Waals surface area contributed by atoms with Gasteiger partial charge in [-0.25, -0.2) is 15.0 Å². The predicted octanol–water partition coefficient (Wildman–Crippen LogP) is 5.82. The lowest BCUT2D eigenvalue weighted by Crippen LogP contribution is -2.57. The summed E-state index contributed by atoms with van der Waals surface area (Å²) < 4.78 is 0. The number of aryl methyl sites for hydroxylation is 1. The average molecular weight is 1040 g/mol. The van der Waals surface area contributed by atoms with E-state index < -0.39 is 29.7 Å². The van der Waals surface area contributed by atoms with Gasteiger partial charge in [-0.05, 0) is 66.8 Å². The predicted molar refractivity (Wildman–Crippen MR) is 287 cm³/mol. The zero-order valence-electron chi connectivity index (χ0n) is 43.8. The highest BCUT2D eigenvalue weighted by Crippen LogP contribution is 2.29. The Balaban J connectivity index is 0.693. The number of hydrogen-bond donors (Lipinski definition) is 6. The van der Waals surface area contributed by atoms with Crippen LogP contribution in [0.1, 0.15) is 131 Å². The molecule has 0 spiro atoms. The number of fused-ring (bicyclic) bond motifs is 1. The second-order valence-electron chi connectivity index (χ2n) is 21.6. The first-order valence-electron chi connectivity index (χ1n) is 26.7. The highest BCUT2D eigenvalue weighted by atomic mass is 32.1. The molecule has 0 aliphatic carbocycles. The molecule has 4 amide bonds. The van der Waals surface area contributed by atoms with E-state index in [2.05, 4.69) is 64.2 Å². The minimum atomic E-state index is -0.858. The molecule has 0 saturated carbocycles. The Kier molecular flexibility index (Phi) is 20.6. The molecule has 2 saturated heterocycles. The SMILES string of the molecule is Cc1ncsc1-c1ccc(CNC(=O)[C@@H]2C[C@@H](O)CN2C(=O)[C@@H](NC(=O)CCCCCCCCCC(=O)CCCN2CC(Nc3cc(C(=O)NC[C@H](O)CN4CCc5ccccc5C4)ncn3)C2)C(C)(C)C)cc1. The first-order chi connectivity index (χ1) is 35.6. The van der Waals surface area contributed by atoms with Crippen molar-refractivity contribution in [3.8, 4) is 10.4 Å². The Hall–Kier alpha value is -5.66. The number of benzene rings is 2. The molecule has 2 aromatic heterocycles. The van der Waals surface area contributed by atoms with Gasteiger partial charge in [0, 0.05) is 84.1 Å². The standard InChI is InChI=1S/C56H78N10O7S/c1-38-51(74-37-61-38)41-22-20-39(21-23-41)29-57-54(72)48-27-45(68)35-66(48)55(73)52(56(2,3)4)63-50(70)19-11-9-7-5-6-8-10-17-44(67)18-14-25-64-32-43(33-64)62-49-28-47(59-36-60-49)53(71)58-30-46(69)34-65-26-24-40-15-12-13-16-42(40)31-65/h12-13,15-16,20-23,28,36-37,43,45-46,48,52,68-69H,5-11,14,17-19,24-27,29-35H2,1-4H3,(H,57,72)(H,58,71)(H,63,70)(H,59,60,62)/t45-,46+,48+,52-/m1/s1. The Morgan fingerprint density at radius 3 is 2.24 bits per heavy atom. The molecule has 74 heavy (non-hydrogen) atoms. The van der Waals surface area contributed by atoms with Crippen LogP contribution in [-0.2, 0) is 38.7 Å². The number of nitrogens with one attached hydrogen (secondary N) is 4. The van der Waals surface area contributed by atoms with Crippen LogP contribution in [0, 0.1) is 12.3 Å². The van der Waals surface area contributed by atoms with Gasteiger partial charge in [-0.15, -0.1) is 11.3 Å². The van der Waals surface area contributed by atoms with Crippen molar-refractivity contribution in [1.29, 1.82) is 0 Å². The molecule has 17 nitrogen and oxygen atoms in total. The van der Waals surface area contributed by atoms with Crippen molar-refractivity contribution in [3.63, 3.8) is 0 Å². The first-order valence-corrected chi connectivity index (χ1v) is 27.6. The van der Waals surface area contributed by atoms with Crippen molar-refractivity contribution < 1.29 is 34.2 Å². The van der Waals surface area contributed by atoms with Gasteiger partial charge in [0.2, 0.25) is 17.7 Å². The molecule has 2 aromatic carbocycles. The lowest BCUT2D eigenvalue weighted by atomic mass is 9.85. The van der Waals surface area contributed by atoms with Crippen LogP contribution in [-0.4, -0.2) is 145 Å². The third kappa shape index (κ3) is 16.7. The number of aliphatic hydroxyl groups is 2. The van der Waals surface area contributed by atoms with E-state index in [9.17, 15) is 34.2 Å². The molecule has 5 heterocycles. The normalized spacial score (nSPS) is 18.0. The molecule has 3 aliphatic rings. The smallest absolute Gasteiger partial charge is 0.270 e. The van der Waals surface area contributed by atoms with E-state index in [-0.39, 0.29) is 61.4 Å². The van der Waals surface area contributed by atoms with Gasteiger partial charge in [0.05, 0.1) is 34.3 Å². The molecule has 0 bridgehead atoms. The van der Waals surface area contributed by atoms with Gasteiger partial charge in [0.25, 0.3) is 5.91 Å². The topological polar surface area (TPSA) is 222 Å². The van der Waals surface area contributed by atoms with Crippen LogP contribution in [0.5, 0.6) is 0 Å². The van der Waals surface area contributed by atoms with E-state index in [0.29, 0.717) is 43.8 Å². The Morgan fingerprint density at radius 1 is 0.824 bits per heavy atom. The molecule has 0 unspecified atom stereocenters. The molecule has 6 N–H and O–H groups in total. The van der Waals surface area contributed by atoms with Crippen molar-refractivity contribution in [1.82, 2.24) is 45.6 Å². The van der Waals surface area contributed by atoms with Crippen LogP contribution < -0.4 is 21.3 Å². The summed E-state index contributed by atoms with van der Waals surface area (Å²) in [5.41, 5.74) is 7.03. The quantitative estimate of drug-likeness (QED) is 0.0388.